The number of ether oxygens (including phenoxy) is 2. The van der Waals surface area contributed by atoms with Gasteiger partial charge >= 0.3 is 21.1 Å². The van der Waals surface area contributed by atoms with E-state index in [9.17, 15) is 0 Å². The van der Waals surface area contributed by atoms with Crippen molar-refractivity contribution < 1.29 is 45.5 Å². The number of nitrogens with two attached hydrogens (primary N) is 2. The normalized spacial score (nSPS) is 23.2. The van der Waals surface area contributed by atoms with E-state index < -0.39 is 12.6 Å². The van der Waals surface area contributed by atoms with Crippen LogP contribution in [0.15, 0.2) is 0 Å². The summed E-state index contributed by atoms with van der Waals surface area (Å²) in [5.41, 5.74) is 11.0. The van der Waals surface area contributed by atoms with Crippen molar-refractivity contribution in [2.75, 3.05) is 19.7 Å². The molecule has 1 aliphatic heterocycles. The number of carboxylic acids is 1. The average molecular weight is 443 g/mol. The third kappa shape index (κ3) is 7.41. The van der Waals surface area contributed by atoms with Gasteiger partial charge in [-0.2, -0.15) is 0 Å². The summed E-state index contributed by atoms with van der Waals surface area (Å²) < 4.78 is 11.1. The van der Waals surface area contributed by atoms with Crippen molar-refractivity contribution in [2.45, 2.75) is 32.3 Å². The van der Waals surface area contributed by atoms with Gasteiger partial charge in [-0.25, -0.2) is 0 Å². The van der Waals surface area contributed by atoms with Crippen LogP contribution >= 0.6 is 0 Å². The smallest absolute Gasteiger partial charge is 0.850 e. The zero-order valence-corrected chi connectivity index (χ0v) is 12.7. The molecule has 110 valence electrons. The third-order valence-electron chi connectivity index (χ3n) is 2.16. The van der Waals surface area contributed by atoms with E-state index in [-0.39, 0.29) is 39.6 Å². The molecule has 1 aliphatic rings. The van der Waals surface area contributed by atoms with Crippen molar-refractivity contribution in [3.05, 3.63) is 0 Å². The number of carbonyl (C=O) groups excluding carboxylic acids is 1. The summed E-state index contributed by atoms with van der Waals surface area (Å²) in [7, 11) is 0. The Kier molecular flexibility index (Phi) is 12.2. The Morgan fingerprint density at radius 1 is 1.22 bits per heavy atom. The fraction of sp³-hybridized carbons (Fsp3) is 0.900. The molecule has 0 saturated carbocycles. The van der Waals surface area contributed by atoms with E-state index in [1.165, 1.54) is 0 Å². The summed E-state index contributed by atoms with van der Waals surface area (Å²) in [5, 5.41) is 17.9. The zero-order valence-electron chi connectivity index (χ0n) is 10.4. The number of carbonyl (C=O) groups is 1. The van der Waals surface area contributed by atoms with E-state index in [0.29, 0.717) is 19.0 Å². The second-order valence-corrected chi connectivity index (χ2v) is 3.95. The van der Waals surface area contributed by atoms with Gasteiger partial charge in [-0.3, -0.25) is 0 Å². The Labute approximate surface area is 121 Å². The van der Waals surface area contributed by atoms with Crippen LogP contribution in [-0.2, 0) is 35.3 Å². The van der Waals surface area contributed by atoms with Crippen molar-refractivity contribution >= 4 is 5.97 Å². The van der Waals surface area contributed by atoms with Crippen LogP contribution in [-0.4, -0.2) is 44.2 Å². The predicted octanol–water partition coefficient (Wildman–Crippen LogP) is -3.24. The number of rotatable bonds is 4. The molecule has 1 rings (SSSR count). The minimum Gasteiger partial charge on any atom is -0.850 e. The van der Waals surface area contributed by atoms with Crippen LogP contribution in [0.3, 0.4) is 0 Å². The first-order valence-electron chi connectivity index (χ1n) is 5.45. The molecule has 0 radical (unpaired) electrons. The maximum Gasteiger partial charge on any atom is 2.00 e. The summed E-state index contributed by atoms with van der Waals surface area (Å²) in [4.78, 5) is 8.94. The standard InChI is InChI=1S/C8H18N2O2.C2H3O3.Pt/c1-5(2)8-11-6(3-9)7(4-10)12-8;3-1-2(4)5;/h5-8H,3-4,9-10H2,1-2H3;1H2,(H,4,5);/q;-1;+2/p-1/t6-,7-;;/m1../s1. The van der Waals surface area contributed by atoms with E-state index in [2.05, 4.69) is 13.8 Å². The molecule has 0 aliphatic carbocycles. The Morgan fingerprint density at radius 2 is 1.56 bits per heavy atom. The topological polar surface area (TPSA) is 134 Å². The van der Waals surface area contributed by atoms with Gasteiger partial charge in [0, 0.05) is 25.0 Å². The van der Waals surface area contributed by atoms with Gasteiger partial charge in [0.15, 0.2) is 6.29 Å². The van der Waals surface area contributed by atoms with E-state index in [0.717, 1.165) is 0 Å². The van der Waals surface area contributed by atoms with Crippen LogP contribution in [0.5, 0.6) is 0 Å². The molecule has 0 aromatic rings. The van der Waals surface area contributed by atoms with Gasteiger partial charge in [0.2, 0.25) is 0 Å². The molecule has 7 nitrogen and oxygen atoms in total. The van der Waals surface area contributed by atoms with Crippen LogP contribution in [0, 0.1) is 5.92 Å². The molecular formula is C10H20N2O5Pt. The fourth-order valence-corrected chi connectivity index (χ4v) is 1.28. The van der Waals surface area contributed by atoms with Crippen LogP contribution in [0.1, 0.15) is 13.8 Å². The Morgan fingerprint density at radius 3 is 1.72 bits per heavy atom. The van der Waals surface area contributed by atoms with Crippen molar-refractivity contribution in [1.82, 2.24) is 0 Å². The molecule has 8 heteroatoms. The van der Waals surface area contributed by atoms with Gasteiger partial charge in [-0.05, 0) is 0 Å². The molecule has 1 saturated heterocycles. The quantitative estimate of drug-likeness (QED) is 0.467. The molecular weight excluding hydrogens is 423 g/mol. The molecule has 0 aromatic heterocycles. The van der Waals surface area contributed by atoms with Crippen LogP contribution in [0.2, 0.25) is 0 Å². The molecule has 0 bridgehead atoms. The van der Waals surface area contributed by atoms with Crippen LogP contribution < -0.4 is 21.7 Å². The van der Waals surface area contributed by atoms with Crippen LogP contribution in [0.25, 0.3) is 0 Å². The Bertz CT molecular complexity index is 218. The summed E-state index contributed by atoms with van der Waals surface area (Å²) >= 11 is 0. The van der Waals surface area contributed by atoms with Gasteiger partial charge in [-0.15, -0.1) is 0 Å². The van der Waals surface area contributed by atoms with Crippen molar-refractivity contribution in [1.29, 1.82) is 0 Å². The number of hydrogen-bond acceptors (Lipinski definition) is 7. The minimum atomic E-state index is -1.55. The SMILES string of the molecule is CC(C)C1O[C@H](CN)[C@@H](CN)O1.O=C([O-])C[O-].[Pt+2]. The van der Waals surface area contributed by atoms with Gasteiger partial charge in [-0.1, -0.05) is 20.5 Å². The maximum atomic E-state index is 8.97. The van der Waals surface area contributed by atoms with E-state index in [1.807, 2.05) is 0 Å². The molecule has 0 unspecified atom stereocenters. The summed E-state index contributed by atoms with van der Waals surface area (Å²) in [6.45, 7) is 3.92. The summed E-state index contributed by atoms with van der Waals surface area (Å²) in [6.07, 6.45) is -0.183. The number of aliphatic carboxylic acids is 1. The fourth-order valence-electron chi connectivity index (χ4n) is 1.28. The van der Waals surface area contributed by atoms with Crippen molar-refractivity contribution in [3.63, 3.8) is 0 Å². The second-order valence-electron chi connectivity index (χ2n) is 3.95. The van der Waals surface area contributed by atoms with E-state index in [1.54, 1.807) is 0 Å². The molecule has 4 N–H and O–H groups in total. The van der Waals surface area contributed by atoms with E-state index >= 15 is 0 Å². The van der Waals surface area contributed by atoms with Gasteiger partial charge in [0.25, 0.3) is 0 Å². The summed E-state index contributed by atoms with van der Waals surface area (Å²) in [6, 6.07) is 0. The maximum absolute atomic E-state index is 8.97. The average Bonchev–Trinajstić information content (AvgIpc) is 2.72. The Hall–Kier alpha value is -0.0417. The first kappa shape index (κ1) is 20.3. The third-order valence-corrected chi connectivity index (χ3v) is 2.16. The van der Waals surface area contributed by atoms with Gasteiger partial charge < -0.3 is 35.9 Å². The first-order valence-corrected chi connectivity index (χ1v) is 5.45. The first-order chi connectivity index (χ1) is 7.96. The molecule has 0 amide bonds. The van der Waals surface area contributed by atoms with Crippen LogP contribution in [0.4, 0.5) is 0 Å². The zero-order chi connectivity index (χ0) is 13.4. The molecule has 0 spiro atoms. The molecule has 2 atom stereocenters. The van der Waals surface area contributed by atoms with Crippen molar-refractivity contribution in [3.8, 4) is 0 Å². The molecule has 1 heterocycles. The Balaban J connectivity index is 0. The predicted molar refractivity (Wildman–Crippen MR) is 56.4 cm³/mol. The molecule has 1 fully saturated rings. The second kappa shape index (κ2) is 10.8. The minimum absolute atomic E-state index is 0. The molecule has 0 aromatic carbocycles. The number of carboxylic acid groups (broad SMARTS) is 1. The van der Waals surface area contributed by atoms with Gasteiger partial charge in [0.1, 0.15) is 12.2 Å². The van der Waals surface area contributed by atoms with E-state index in [4.69, 9.17) is 35.9 Å². The van der Waals surface area contributed by atoms with Gasteiger partial charge in [0.05, 0.1) is 0 Å². The van der Waals surface area contributed by atoms with Crippen molar-refractivity contribution in [2.24, 2.45) is 17.4 Å². The largest absolute Gasteiger partial charge is 2.00 e. The monoisotopic (exact) mass is 443 g/mol. The molecule has 18 heavy (non-hydrogen) atoms. The summed E-state index contributed by atoms with van der Waals surface area (Å²) in [5.74, 6) is -1.19. The number of hydrogen-bond donors (Lipinski definition) is 2.